The second kappa shape index (κ2) is 8.93. The van der Waals surface area contributed by atoms with Crippen molar-refractivity contribution >= 4 is 50.3 Å². The number of ether oxygens (including phenoxy) is 1. The molecule has 30 heavy (non-hydrogen) atoms. The number of halogens is 2. The Bertz CT molecular complexity index is 1220. The van der Waals surface area contributed by atoms with Gasteiger partial charge in [0.05, 0.1) is 28.1 Å². The highest BCUT2D eigenvalue weighted by molar-refractivity contribution is 9.10. The Balaban J connectivity index is 2.20. The summed E-state index contributed by atoms with van der Waals surface area (Å²) in [7, 11) is 0. The average molecular weight is 494 g/mol. The highest BCUT2D eigenvalue weighted by Gasteiger charge is 2.21. The van der Waals surface area contributed by atoms with Crippen molar-refractivity contribution < 1.29 is 9.66 Å². The largest absolute Gasteiger partial charge is 0.484 e. The van der Waals surface area contributed by atoms with Gasteiger partial charge in [-0.2, -0.15) is 9.78 Å². The number of nitro benzene ring substituents is 1. The summed E-state index contributed by atoms with van der Waals surface area (Å²) in [5, 5.41) is 16.3. The monoisotopic (exact) mass is 492 g/mol. The SMILES string of the molecule is CCc1nc2ccc(Br)cc2c(=O)n1N=Cc1cc(Cl)cc([N+](=O)[O-])c1OC(C)C. The highest BCUT2D eigenvalue weighted by atomic mass is 79.9. The molecule has 0 unspecified atom stereocenters. The molecule has 0 spiro atoms. The molecule has 0 aliphatic heterocycles. The predicted octanol–water partition coefficient (Wildman–Crippen LogP) is 4.95. The number of aromatic nitrogens is 2. The Morgan fingerprint density at radius 2 is 2.10 bits per heavy atom. The van der Waals surface area contributed by atoms with Crippen LogP contribution in [0.4, 0.5) is 5.69 Å². The molecule has 3 aromatic rings. The van der Waals surface area contributed by atoms with Crippen molar-refractivity contribution in [2.45, 2.75) is 33.3 Å². The van der Waals surface area contributed by atoms with E-state index in [1.807, 2.05) is 13.0 Å². The Hall–Kier alpha value is -2.78. The fourth-order valence-corrected chi connectivity index (χ4v) is 3.44. The lowest BCUT2D eigenvalue weighted by molar-refractivity contribution is -0.386. The van der Waals surface area contributed by atoms with Gasteiger partial charge < -0.3 is 4.74 Å². The molecule has 0 aliphatic carbocycles. The minimum absolute atomic E-state index is 0.0331. The average Bonchev–Trinajstić information content (AvgIpc) is 2.68. The molecule has 156 valence electrons. The van der Waals surface area contributed by atoms with E-state index in [4.69, 9.17) is 16.3 Å². The molecule has 0 atom stereocenters. The van der Waals surface area contributed by atoms with Gasteiger partial charge in [0.2, 0.25) is 5.75 Å². The molecule has 0 fully saturated rings. The first-order valence-electron chi connectivity index (χ1n) is 9.11. The van der Waals surface area contributed by atoms with E-state index >= 15 is 0 Å². The first-order chi connectivity index (χ1) is 14.2. The molecule has 2 aromatic carbocycles. The first-order valence-corrected chi connectivity index (χ1v) is 10.3. The summed E-state index contributed by atoms with van der Waals surface area (Å²) >= 11 is 9.42. The maximum absolute atomic E-state index is 13.0. The molecule has 0 saturated heterocycles. The van der Waals surface area contributed by atoms with E-state index in [2.05, 4.69) is 26.0 Å². The van der Waals surface area contributed by atoms with Crippen molar-refractivity contribution in [1.82, 2.24) is 9.66 Å². The van der Waals surface area contributed by atoms with Gasteiger partial charge in [0.1, 0.15) is 5.82 Å². The number of nitrogens with zero attached hydrogens (tertiary/aromatic N) is 4. The Morgan fingerprint density at radius 1 is 1.37 bits per heavy atom. The summed E-state index contributed by atoms with van der Waals surface area (Å²) in [6.07, 6.45) is 1.47. The summed E-state index contributed by atoms with van der Waals surface area (Å²) in [6, 6.07) is 7.95. The minimum atomic E-state index is -0.570. The summed E-state index contributed by atoms with van der Waals surface area (Å²) in [5.74, 6) is 0.486. The number of benzene rings is 2. The van der Waals surface area contributed by atoms with E-state index in [1.165, 1.54) is 23.0 Å². The Labute approximate surface area is 185 Å². The molecule has 0 bridgehead atoms. The molecule has 1 heterocycles. The fraction of sp³-hybridized carbons (Fsp3) is 0.250. The van der Waals surface area contributed by atoms with Crippen LogP contribution in [0.2, 0.25) is 5.02 Å². The fourth-order valence-electron chi connectivity index (χ4n) is 2.86. The molecule has 1 aromatic heterocycles. The normalized spacial score (nSPS) is 11.5. The number of fused-ring (bicyclic) bond motifs is 1. The van der Waals surface area contributed by atoms with Gasteiger partial charge in [-0.25, -0.2) is 4.98 Å². The van der Waals surface area contributed by atoms with Crippen LogP contribution in [-0.4, -0.2) is 26.9 Å². The van der Waals surface area contributed by atoms with Crippen molar-refractivity contribution in [3.8, 4) is 5.75 Å². The lowest BCUT2D eigenvalue weighted by Gasteiger charge is -2.13. The third kappa shape index (κ3) is 4.52. The molecular formula is C20H18BrClN4O4. The van der Waals surface area contributed by atoms with Crippen LogP contribution in [0.1, 0.15) is 32.2 Å². The summed E-state index contributed by atoms with van der Waals surface area (Å²) in [4.78, 5) is 28.4. The zero-order valence-corrected chi connectivity index (χ0v) is 18.8. The van der Waals surface area contributed by atoms with E-state index in [1.54, 1.807) is 26.0 Å². The van der Waals surface area contributed by atoms with Gasteiger partial charge in [0, 0.05) is 27.5 Å². The zero-order chi connectivity index (χ0) is 22.0. The van der Waals surface area contributed by atoms with Crippen LogP contribution in [0.25, 0.3) is 10.9 Å². The minimum Gasteiger partial charge on any atom is -0.484 e. The Morgan fingerprint density at radius 3 is 2.73 bits per heavy atom. The van der Waals surface area contributed by atoms with Gasteiger partial charge in [0.25, 0.3) is 5.56 Å². The third-order valence-electron chi connectivity index (χ3n) is 4.12. The number of hydrogen-bond donors (Lipinski definition) is 0. The number of rotatable bonds is 6. The standard InChI is InChI=1S/C20H18BrClN4O4/c1-4-18-24-16-6-5-13(21)8-15(16)20(27)25(18)23-10-12-7-14(22)9-17(26(28)29)19(12)30-11(2)3/h5-11H,4H2,1-3H3. The van der Waals surface area contributed by atoms with Gasteiger partial charge in [-0.15, -0.1) is 0 Å². The van der Waals surface area contributed by atoms with Gasteiger partial charge in [-0.05, 0) is 38.1 Å². The van der Waals surface area contributed by atoms with Gasteiger partial charge >= 0.3 is 5.69 Å². The van der Waals surface area contributed by atoms with E-state index in [9.17, 15) is 14.9 Å². The van der Waals surface area contributed by atoms with Crippen molar-refractivity contribution in [3.63, 3.8) is 0 Å². The molecule has 0 N–H and O–H groups in total. The lowest BCUT2D eigenvalue weighted by Crippen LogP contribution is -2.22. The van der Waals surface area contributed by atoms with Crippen LogP contribution in [-0.2, 0) is 6.42 Å². The van der Waals surface area contributed by atoms with Crippen molar-refractivity contribution in [2.24, 2.45) is 5.10 Å². The van der Waals surface area contributed by atoms with E-state index in [0.29, 0.717) is 23.1 Å². The molecule has 0 saturated carbocycles. The first kappa shape index (κ1) is 21.9. The van der Waals surface area contributed by atoms with E-state index in [0.717, 1.165) is 4.47 Å². The molecule has 10 heteroatoms. The van der Waals surface area contributed by atoms with Crippen LogP contribution in [0, 0.1) is 10.1 Å². The maximum atomic E-state index is 13.0. The van der Waals surface area contributed by atoms with E-state index in [-0.39, 0.29) is 33.7 Å². The van der Waals surface area contributed by atoms with Gasteiger partial charge in [0.15, 0.2) is 0 Å². The van der Waals surface area contributed by atoms with Crippen molar-refractivity contribution in [3.05, 3.63) is 71.7 Å². The topological polar surface area (TPSA) is 99.6 Å². The van der Waals surface area contributed by atoms with Crippen LogP contribution < -0.4 is 10.3 Å². The number of aryl methyl sites for hydroxylation is 1. The Kier molecular flexibility index (Phi) is 6.52. The molecule has 0 radical (unpaired) electrons. The summed E-state index contributed by atoms with van der Waals surface area (Å²) in [5.41, 5.74) is 0.221. The smallest absolute Gasteiger partial charge is 0.313 e. The molecule has 8 nitrogen and oxygen atoms in total. The second-order valence-electron chi connectivity index (χ2n) is 6.67. The van der Waals surface area contributed by atoms with Crippen LogP contribution in [0.15, 0.2) is 44.7 Å². The second-order valence-corrected chi connectivity index (χ2v) is 8.02. The number of hydrogen-bond acceptors (Lipinski definition) is 6. The third-order valence-corrected chi connectivity index (χ3v) is 4.83. The molecule has 0 amide bonds. The molecule has 0 aliphatic rings. The zero-order valence-electron chi connectivity index (χ0n) is 16.4. The quantitative estimate of drug-likeness (QED) is 0.275. The molecule has 3 rings (SSSR count). The van der Waals surface area contributed by atoms with Crippen LogP contribution in [0.5, 0.6) is 5.75 Å². The summed E-state index contributed by atoms with van der Waals surface area (Å²) in [6.45, 7) is 5.37. The lowest BCUT2D eigenvalue weighted by atomic mass is 10.2. The predicted molar refractivity (Wildman–Crippen MR) is 120 cm³/mol. The molecular weight excluding hydrogens is 476 g/mol. The van der Waals surface area contributed by atoms with Gasteiger partial charge in [-0.3, -0.25) is 14.9 Å². The van der Waals surface area contributed by atoms with E-state index < -0.39 is 4.92 Å². The van der Waals surface area contributed by atoms with Crippen molar-refractivity contribution in [1.29, 1.82) is 0 Å². The van der Waals surface area contributed by atoms with Crippen molar-refractivity contribution in [2.75, 3.05) is 0 Å². The summed E-state index contributed by atoms with van der Waals surface area (Å²) < 4.78 is 7.58. The highest BCUT2D eigenvalue weighted by Crippen LogP contribution is 2.34. The van der Waals surface area contributed by atoms with Crippen LogP contribution >= 0.6 is 27.5 Å². The number of nitro groups is 1. The maximum Gasteiger partial charge on any atom is 0.313 e. The van der Waals surface area contributed by atoms with Crippen LogP contribution in [0.3, 0.4) is 0 Å². The van der Waals surface area contributed by atoms with Gasteiger partial charge in [-0.1, -0.05) is 34.5 Å².